The van der Waals surface area contributed by atoms with E-state index in [1.807, 2.05) is 65.2 Å². The lowest BCUT2D eigenvalue weighted by Gasteiger charge is -2.07. The number of fused-ring (bicyclic) bond motifs is 4. The van der Waals surface area contributed by atoms with Crippen molar-refractivity contribution in [3.05, 3.63) is 60.8 Å². The Kier molecular flexibility index (Phi) is 1.97. The highest BCUT2D eigenvalue weighted by atomic mass is 16.3. The van der Waals surface area contributed by atoms with Gasteiger partial charge in [0.2, 0.25) is 11.0 Å². The van der Waals surface area contributed by atoms with Crippen LogP contribution in [0.3, 0.4) is 0 Å². The molecule has 4 aromatic rings. The molecule has 0 aliphatic rings. The van der Waals surface area contributed by atoms with Gasteiger partial charge in [0, 0.05) is 17.5 Å². The predicted octanol–water partition coefficient (Wildman–Crippen LogP) is 2.20. The van der Waals surface area contributed by atoms with Gasteiger partial charge in [0.05, 0.1) is 5.88 Å². The maximum Gasteiger partial charge on any atom is 0.236 e. The summed E-state index contributed by atoms with van der Waals surface area (Å²) in [6, 6.07) is 17.6. The van der Waals surface area contributed by atoms with E-state index in [0.717, 1.165) is 21.8 Å². The zero-order valence-corrected chi connectivity index (χ0v) is 10.1. The number of aromatic nitrogens is 2. The molecular weight excluding hydrogens is 236 g/mol. The summed E-state index contributed by atoms with van der Waals surface area (Å²) in [4.78, 5) is 4.13. The number of hydrogen-bond donors (Lipinski definition) is 0. The normalized spacial score (nSPS) is 11.4. The second-order valence-corrected chi connectivity index (χ2v) is 4.56. The first kappa shape index (κ1) is 10.3. The Hall–Kier alpha value is -2.68. The Morgan fingerprint density at radius 2 is 1.58 bits per heavy atom. The largest absolute Gasteiger partial charge is 0.854 e. The zero-order chi connectivity index (χ0) is 12.8. The van der Waals surface area contributed by atoms with Gasteiger partial charge >= 0.3 is 0 Å². The molecule has 0 bridgehead atoms. The molecule has 0 amide bonds. The third-order valence-electron chi connectivity index (χ3n) is 3.40. The summed E-state index contributed by atoms with van der Waals surface area (Å²) < 4.78 is 1.92. The second-order valence-electron chi connectivity index (χ2n) is 4.56. The fraction of sp³-hybridized carbons (Fsp3) is 0. The fourth-order valence-electron chi connectivity index (χ4n) is 2.48. The quantitative estimate of drug-likeness (QED) is 0.271. The van der Waals surface area contributed by atoms with Crippen molar-refractivity contribution in [1.82, 2.24) is 4.98 Å². The second kappa shape index (κ2) is 3.65. The molecule has 2 heterocycles. The van der Waals surface area contributed by atoms with Gasteiger partial charge in [0.15, 0.2) is 6.20 Å². The van der Waals surface area contributed by atoms with Gasteiger partial charge < -0.3 is 5.11 Å². The van der Waals surface area contributed by atoms with Crippen molar-refractivity contribution >= 4 is 27.3 Å². The van der Waals surface area contributed by atoms with E-state index in [-0.39, 0.29) is 5.88 Å². The van der Waals surface area contributed by atoms with Crippen LogP contribution in [-0.4, -0.2) is 4.98 Å². The molecule has 90 valence electrons. The molecule has 0 N–H and O–H groups in total. The molecule has 3 heteroatoms. The zero-order valence-electron chi connectivity index (χ0n) is 10.1. The van der Waals surface area contributed by atoms with E-state index in [2.05, 4.69) is 4.98 Å². The van der Waals surface area contributed by atoms with E-state index >= 15 is 0 Å². The van der Waals surface area contributed by atoms with Gasteiger partial charge in [-0.1, -0.05) is 30.3 Å². The third kappa shape index (κ3) is 1.45. The topological polar surface area (TPSA) is 40.1 Å². The van der Waals surface area contributed by atoms with Crippen LogP contribution in [0.1, 0.15) is 0 Å². The maximum absolute atomic E-state index is 12.1. The average Bonchev–Trinajstić information content (AvgIpc) is 2.46. The van der Waals surface area contributed by atoms with Gasteiger partial charge in [-0.2, -0.15) is 4.40 Å². The molecule has 0 spiro atoms. The minimum atomic E-state index is -0.190. The summed E-state index contributed by atoms with van der Waals surface area (Å²) in [5.41, 5.74) is 2.28. The molecule has 2 aromatic heterocycles. The molecule has 0 radical (unpaired) electrons. The van der Waals surface area contributed by atoms with Gasteiger partial charge in [-0.3, -0.25) is 4.98 Å². The molecule has 0 saturated heterocycles. The maximum atomic E-state index is 12.1. The molecule has 0 aliphatic heterocycles. The molecule has 0 atom stereocenters. The molecule has 4 rings (SSSR count). The average molecular weight is 246 g/mol. The van der Waals surface area contributed by atoms with Crippen molar-refractivity contribution in [1.29, 1.82) is 0 Å². The number of hydrogen-bond acceptors (Lipinski definition) is 2. The van der Waals surface area contributed by atoms with Crippen molar-refractivity contribution in [2.45, 2.75) is 0 Å². The first-order valence-electron chi connectivity index (χ1n) is 6.13. The molecule has 0 unspecified atom stereocenters. The highest BCUT2D eigenvalue weighted by Gasteiger charge is 2.12. The third-order valence-corrected chi connectivity index (χ3v) is 3.40. The first-order chi connectivity index (χ1) is 9.33. The summed E-state index contributed by atoms with van der Waals surface area (Å²) in [5, 5.41) is 14.3. The van der Waals surface area contributed by atoms with Crippen molar-refractivity contribution in [3.63, 3.8) is 0 Å². The van der Waals surface area contributed by atoms with Crippen molar-refractivity contribution in [2.75, 3.05) is 0 Å². The highest BCUT2D eigenvalue weighted by Crippen LogP contribution is 2.19. The molecule has 2 aromatic carbocycles. The Bertz CT molecular complexity index is 931. The van der Waals surface area contributed by atoms with E-state index in [1.165, 1.54) is 0 Å². The van der Waals surface area contributed by atoms with Gasteiger partial charge in [-0.05, 0) is 17.5 Å². The van der Waals surface area contributed by atoms with E-state index < -0.39 is 0 Å². The van der Waals surface area contributed by atoms with E-state index in [0.29, 0.717) is 5.52 Å². The Morgan fingerprint density at radius 3 is 2.47 bits per heavy atom. The lowest BCUT2D eigenvalue weighted by Crippen LogP contribution is -2.25. The van der Waals surface area contributed by atoms with Crippen LogP contribution in [0.15, 0.2) is 60.8 Å². The van der Waals surface area contributed by atoms with Crippen LogP contribution in [0.5, 0.6) is 5.88 Å². The Balaban J connectivity index is 2.30. The van der Waals surface area contributed by atoms with Crippen molar-refractivity contribution < 1.29 is 9.51 Å². The Morgan fingerprint density at radius 1 is 0.842 bits per heavy atom. The molecule has 0 saturated carbocycles. The molecule has 0 fully saturated rings. The predicted molar refractivity (Wildman–Crippen MR) is 71.9 cm³/mol. The monoisotopic (exact) mass is 246 g/mol. The lowest BCUT2D eigenvalue weighted by atomic mass is 10.1. The number of para-hydroxylation sites is 2. The van der Waals surface area contributed by atoms with Gasteiger partial charge in [-0.25, -0.2) is 0 Å². The van der Waals surface area contributed by atoms with Crippen LogP contribution >= 0.6 is 0 Å². The van der Waals surface area contributed by atoms with Crippen molar-refractivity contribution in [3.8, 4) is 5.88 Å². The lowest BCUT2D eigenvalue weighted by molar-refractivity contribution is -0.485. The molecule has 3 nitrogen and oxygen atoms in total. The molecule has 0 aliphatic carbocycles. The van der Waals surface area contributed by atoms with Gasteiger partial charge in [0.1, 0.15) is 5.52 Å². The summed E-state index contributed by atoms with van der Waals surface area (Å²) in [7, 11) is 0. The van der Waals surface area contributed by atoms with Crippen LogP contribution in [0.25, 0.3) is 27.3 Å². The minimum Gasteiger partial charge on any atom is -0.854 e. The minimum absolute atomic E-state index is 0.190. The fourth-order valence-corrected chi connectivity index (χ4v) is 2.48. The van der Waals surface area contributed by atoms with Crippen molar-refractivity contribution in [2.24, 2.45) is 0 Å². The molecular formula is C16H10N2O. The van der Waals surface area contributed by atoms with Crippen LogP contribution in [0, 0.1) is 0 Å². The van der Waals surface area contributed by atoms with Crippen LogP contribution in [-0.2, 0) is 0 Å². The molecule has 19 heavy (non-hydrogen) atoms. The van der Waals surface area contributed by atoms with E-state index in [1.54, 1.807) is 0 Å². The van der Waals surface area contributed by atoms with Gasteiger partial charge in [0.25, 0.3) is 0 Å². The highest BCUT2D eigenvalue weighted by molar-refractivity contribution is 5.85. The summed E-state index contributed by atoms with van der Waals surface area (Å²) in [6.07, 6.45) is 2.00. The standard InChI is InChI=1S/C16H10N2O/c19-16-15-9-11-5-1-2-6-12(11)10-18(15)14-8-4-3-7-13(14)17-16/h1-10H. The number of nitrogens with zero attached hydrogens (tertiary/aromatic N) is 2. The SMILES string of the molecule is [O-]c1nc2ccccc2[n+]2cc3ccccc3cc12. The number of benzene rings is 2. The summed E-state index contributed by atoms with van der Waals surface area (Å²) >= 11 is 0. The summed E-state index contributed by atoms with van der Waals surface area (Å²) in [5.74, 6) is -0.190. The smallest absolute Gasteiger partial charge is 0.236 e. The van der Waals surface area contributed by atoms with E-state index in [9.17, 15) is 5.11 Å². The van der Waals surface area contributed by atoms with Crippen LogP contribution < -0.4 is 9.51 Å². The van der Waals surface area contributed by atoms with Crippen LogP contribution in [0.2, 0.25) is 0 Å². The first-order valence-corrected chi connectivity index (χ1v) is 6.13. The van der Waals surface area contributed by atoms with Gasteiger partial charge in [-0.15, -0.1) is 0 Å². The van der Waals surface area contributed by atoms with Crippen LogP contribution in [0.4, 0.5) is 0 Å². The van der Waals surface area contributed by atoms with E-state index in [4.69, 9.17) is 0 Å². The number of pyridine rings is 1. The Labute approximate surface area is 109 Å². The number of rotatable bonds is 0. The summed E-state index contributed by atoms with van der Waals surface area (Å²) in [6.45, 7) is 0.